The molecule has 1 aromatic heterocycles. The summed E-state index contributed by atoms with van der Waals surface area (Å²) in [6, 6.07) is -4.13. The van der Waals surface area contributed by atoms with E-state index in [1.165, 1.54) is 40.0 Å². The van der Waals surface area contributed by atoms with Crippen molar-refractivity contribution < 1.29 is 38.4 Å². The second-order valence-corrected chi connectivity index (χ2v) is 17.5. The van der Waals surface area contributed by atoms with Gasteiger partial charge in [0.15, 0.2) is 5.96 Å². The van der Waals surface area contributed by atoms with Gasteiger partial charge in [0.1, 0.15) is 47.9 Å². The van der Waals surface area contributed by atoms with Crippen LogP contribution in [0.3, 0.4) is 0 Å². The summed E-state index contributed by atoms with van der Waals surface area (Å²) in [6.45, 7) is 10.0. The minimum Gasteiger partial charge on any atom is -0.370 e. The molecule has 21 nitrogen and oxygen atoms in total. The molecular weight excluding hydrogens is 817 g/mol. The summed E-state index contributed by atoms with van der Waals surface area (Å²) in [5, 5.41) is 10.8. The number of nitrogens with one attached hydrogen (secondary N) is 5. The predicted octanol–water partition coefficient (Wildman–Crippen LogP) is -1.45. The molecule has 0 bridgehead atoms. The van der Waals surface area contributed by atoms with Gasteiger partial charge in [-0.2, -0.15) is 0 Å². The smallest absolute Gasteiger partial charge is 0.260 e. The molecule has 3 fully saturated rings. The van der Waals surface area contributed by atoms with Gasteiger partial charge in [0.25, 0.3) is 11.5 Å². The molecule has 0 spiro atoms. The van der Waals surface area contributed by atoms with E-state index in [2.05, 4.69) is 31.2 Å². The maximum absolute atomic E-state index is 14.3. The summed E-state index contributed by atoms with van der Waals surface area (Å²) >= 11 is 0. The van der Waals surface area contributed by atoms with Crippen LogP contribution in [0.25, 0.3) is 0 Å². The van der Waals surface area contributed by atoms with E-state index in [1.54, 1.807) is 0 Å². The van der Waals surface area contributed by atoms with Crippen molar-refractivity contribution >= 4 is 53.2 Å². The van der Waals surface area contributed by atoms with E-state index in [9.17, 15) is 43.2 Å². The van der Waals surface area contributed by atoms with Crippen molar-refractivity contribution in [1.82, 2.24) is 41.0 Å². The van der Waals surface area contributed by atoms with Crippen LogP contribution in [-0.2, 0) is 33.6 Å². The molecule has 0 aliphatic carbocycles. The van der Waals surface area contributed by atoms with Crippen LogP contribution in [0.1, 0.15) is 109 Å². The summed E-state index contributed by atoms with van der Waals surface area (Å²) < 4.78 is 0. The van der Waals surface area contributed by atoms with Gasteiger partial charge in [-0.15, -0.1) is 0 Å². The molecule has 0 radical (unpaired) electrons. The van der Waals surface area contributed by atoms with Gasteiger partial charge in [-0.1, -0.05) is 27.7 Å². The molecule has 3 saturated heterocycles. The van der Waals surface area contributed by atoms with Gasteiger partial charge in [-0.25, -0.2) is 0 Å². The number of carbonyl (C=O) groups excluding carboxylic acids is 8. The average molecular weight is 883 g/mol. The third kappa shape index (κ3) is 13.5. The number of pyridine rings is 1. The topological polar surface area (TPSA) is 318 Å². The highest BCUT2D eigenvalue weighted by Gasteiger charge is 2.45. The maximum atomic E-state index is 14.3. The number of nitrogens with zero attached hydrogens (tertiary/aromatic N) is 4. The summed E-state index contributed by atoms with van der Waals surface area (Å²) in [4.78, 5) is 131. The first-order valence-electron chi connectivity index (χ1n) is 22.0. The zero-order valence-electron chi connectivity index (χ0n) is 37.0. The highest BCUT2D eigenvalue weighted by atomic mass is 16.2. The molecule has 11 N–H and O–H groups in total. The summed E-state index contributed by atoms with van der Waals surface area (Å²) in [7, 11) is 0. The molecule has 3 aliphatic heterocycles. The van der Waals surface area contributed by atoms with Crippen molar-refractivity contribution in [2.75, 3.05) is 26.2 Å². The Morgan fingerprint density at radius 3 is 1.84 bits per heavy atom. The lowest BCUT2D eigenvalue weighted by Crippen LogP contribution is -2.59. The standard InChI is InChI=1S/C42H66N12O9/c1-23(2)21-28(50-34(56)25(5)48-37(59)27(12-7-17-47-42(44)45)49-36(58)26-11-6-16-46-35(26)57)40(62)54-20-10-15-32(54)41(63)53-19-9-14-31(53)38(60)51-29(22-24(3)4)39(61)52-18-8-13-30(52)33(43)55/h6,11,16,23-25,27-32H,7-10,12-15,17-22H2,1-5H3,(H2,43,55)(H,46,57)(H,48,59)(H,49,58)(H,50,56)(H,51,60)(H4,44,45,47)/t25-,27-,28-,29-,30-,31-,32-/m0/s1. The van der Waals surface area contributed by atoms with Crippen LogP contribution in [0.4, 0.5) is 0 Å². The number of primary amides is 1. The summed E-state index contributed by atoms with van der Waals surface area (Å²) in [5.41, 5.74) is 15.5. The monoisotopic (exact) mass is 883 g/mol. The minimum absolute atomic E-state index is 0.0253. The molecule has 0 aromatic carbocycles. The lowest BCUT2D eigenvalue weighted by molar-refractivity contribution is -0.148. The molecule has 3 aliphatic rings. The second-order valence-electron chi connectivity index (χ2n) is 17.5. The number of hydrogen-bond donors (Lipinski definition) is 8. The second kappa shape index (κ2) is 22.9. The van der Waals surface area contributed by atoms with Crippen LogP contribution < -0.4 is 44.0 Å². The third-order valence-electron chi connectivity index (χ3n) is 11.5. The Morgan fingerprint density at radius 1 is 0.714 bits per heavy atom. The normalized spacial score (nSPS) is 20.4. The van der Waals surface area contributed by atoms with E-state index in [1.807, 2.05) is 27.7 Å². The molecular formula is C42H66N12O9. The summed E-state index contributed by atoms with van der Waals surface area (Å²) in [6.07, 6.45) is 5.02. The van der Waals surface area contributed by atoms with Gasteiger partial charge >= 0.3 is 0 Å². The average Bonchev–Trinajstić information content (AvgIpc) is 4.02. The van der Waals surface area contributed by atoms with Gasteiger partial charge in [-0.05, 0) is 95.1 Å². The quantitative estimate of drug-likeness (QED) is 0.0426. The number of aliphatic imine (C=N–C) groups is 1. The first kappa shape index (κ1) is 49.6. The predicted molar refractivity (Wildman–Crippen MR) is 232 cm³/mol. The fourth-order valence-electron chi connectivity index (χ4n) is 8.45. The van der Waals surface area contributed by atoms with Crippen LogP contribution >= 0.6 is 0 Å². The first-order valence-corrected chi connectivity index (χ1v) is 22.0. The number of aromatic nitrogens is 1. The minimum atomic E-state index is -1.19. The van der Waals surface area contributed by atoms with Crippen LogP contribution in [0.5, 0.6) is 0 Å². The van der Waals surface area contributed by atoms with Gasteiger partial charge in [0.05, 0.1) is 0 Å². The lowest BCUT2D eigenvalue weighted by Gasteiger charge is -2.34. The Labute approximate surface area is 367 Å². The third-order valence-corrected chi connectivity index (χ3v) is 11.5. The van der Waals surface area contributed by atoms with Crippen LogP contribution in [-0.4, -0.2) is 141 Å². The lowest BCUT2D eigenvalue weighted by atomic mass is 10.0. The number of rotatable bonds is 20. The Hall–Kier alpha value is -6.02. The molecule has 1 aromatic rings. The van der Waals surface area contributed by atoms with Crippen LogP contribution in [0.15, 0.2) is 28.1 Å². The number of H-pyrrole nitrogens is 1. The maximum Gasteiger partial charge on any atom is 0.260 e. The van der Waals surface area contributed by atoms with Crippen molar-refractivity contribution in [1.29, 1.82) is 0 Å². The molecule has 4 rings (SSSR count). The number of carbonyl (C=O) groups is 8. The van der Waals surface area contributed by atoms with Crippen molar-refractivity contribution in [3.63, 3.8) is 0 Å². The van der Waals surface area contributed by atoms with E-state index in [4.69, 9.17) is 17.2 Å². The van der Waals surface area contributed by atoms with Gasteiger partial charge in [-0.3, -0.25) is 48.1 Å². The van der Waals surface area contributed by atoms with E-state index in [0.717, 1.165) is 0 Å². The number of guanidine groups is 1. The van der Waals surface area contributed by atoms with E-state index in [0.29, 0.717) is 51.5 Å². The molecule has 0 saturated carbocycles. The molecule has 21 heteroatoms. The van der Waals surface area contributed by atoms with E-state index in [-0.39, 0.29) is 68.2 Å². The van der Waals surface area contributed by atoms with Gasteiger partial charge in [0, 0.05) is 32.4 Å². The molecule has 63 heavy (non-hydrogen) atoms. The number of nitrogens with two attached hydrogens (primary N) is 3. The Morgan fingerprint density at radius 2 is 1.27 bits per heavy atom. The van der Waals surface area contributed by atoms with Crippen molar-refractivity contribution in [2.24, 2.45) is 34.0 Å². The van der Waals surface area contributed by atoms with Crippen molar-refractivity contribution in [3.8, 4) is 0 Å². The zero-order chi connectivity index (χ0) is 46.5. The van der Waals surface area contributed by atoms with Gasteiger partial charge in [0.2, 0.25) is 41.4 Å². The summed E-state index contributed by atoms with van der Waals surface area (Å²) in [5.74, 6) is -4.79. The van der Waals surface area contributed by atoms with Crippen LogP contribution in [0, 0.1) is 11.8 Å². The molecule has 8 amide bonds. The highest BCUT2D eigenvalue weighted by Crippen LogP contribution is 2.27. The van der Waals surface area contributed by atoms with Crippen molar-refractivity contribution in [2.45, 2.75) is 141 Å². The molecule has 7 atom stereocenters. The first-order chi connectivity index (χ1) is 29.8. The zero-order valence-corrected chi connectivity index (χ0v) is 37.0. The van der Waals surface area contributed by atoms with Gasteiger partial charge < -0.3 is 58.2 Å². The SMILES string of the molecule is CC(C)C[C@H](NC(=O)[C@@H]1CCCN1C(=O)[C@@H]1CCCN1C(=O)[C@H](CC(C)C)NC(=O)[C@H](C)NC(=O)[C@H](CCCN=C(N)N)NC(=O)c1ccc[nH]c1=O)C(=O)N1CCC[C@H]1C(N)=O. The Kier molecular flexibility index (Phi) is 18.0. The fraction of sp³-hybridized carbons (Fsp3) is 0.667. The Balaban J connectivity index is 1.44. The van der Waals surface area contributed by atoms with E-state index >= 15 is 0 Å². The Bertz CT molecular complexity index is 1930. The van der Waals surface area contributed by atoms with E-state index < -0.39 is 89.2 Å². The molecule has 4 heterocycles. The largest absolute Gasteiger partial charge is 0.370 e. The van der Waals surface area contributed by atoms with Crippen molar-refractivity contribution in [3.05, 3.63) is 34.2 Å². The number of hydrogen-bond acceptors (Lipinski definition) is 10. The molecule has 348 valence electrons. The fourth-order valence-corrected chi connectivity index (χ4v) is 8.45. The highest BCUT2D eigenvalue weighted by molar-refractivity contribution is 5.99. The molecule has 0 unspecified atom stereocenters. The number of likely N-dealkylation sites (tertiary alicyclic amines) is 3. The number of amides is 8. The number of aromatic amines is 1. The van der Waals surface area contributed by atoms with Crippen LogP contribution in [0.2, 0.25) is 0 Å².